The van der Waals surface area contributed by atoms with Crippen LogP contribution in [0.25, 0.3) is 0 Å². The van der Waals surface area contributed by atoms with Gasteiger partial charge in [0.25, 0.3) is 0 Å². The second-order valence-corrected chi connectivity index (χ2v) is 4.94. The van der Waals surface area contributed by atoms with E-state index in [0.717, 1.165) is 6.42 Å². The first kappa shape index (κ1) is 10.9. The molecule has 0 amide bonds. The minimum absolute atomic E-state index is 0.678. The van der Waals surface area contributed by atoms with E-state index in [4.69, 9.17) is 34.8 Å². The van der Waals surface area contributed by atoms with Crippen molar-refractivity contribution in [1.29, 1.82) is 0 Å². The average Bonchev–Trinajstić information content (AvgIpc) is 1.78. The lowest BCUT2D eigenvalue weighted by Gasteiger charge is -2.08. The molecule has 0 saturated carbocycles. The van der Waals surface area contributed by atoms with Crippen LogP contribution in [0.4, 0.5) is 0 Å². The monoisotopic (exact) mass is 202 g/mol. The van der Waals surface area contributed by atoms with E-state index in [9.17, 15) is 0 Å². The van der Waals surface area contributed by atoms with Gasteiger partial charge in [0.2, 0.25) is 0 Å². The summed E-state index contributed by atoms with van der Waals surface area (Å²) < 4.78 is -1.03. The zero-order chi connectivity index (χ0) is 8.04. The molecule has 0 N–H and O–H groups in total. The highest BCUT2D eigenvalue weighted by Crippen LogP contribution is 2.31. The molecule has 0 radical (unpaired) electrons. The van der Waals surface area contributed by atoms with E-state index in [1.54, 1.807) is 0 Å². The Morgan fingerprint density at radius 1 is 1.00 bits per heavy atom. The summed E-state index contributed by atoms with van der Waals surface area (Å²) in [7, 11) is 0. The van der Waals surface area contributed by atoms with E-state index in [1.807, 2.05) is 0 Å². The summed E-state index contributed by atoms with van der Waals surface area (Å²) in [6, 6.07) is 0. The summed E-state index contributed by atoms with van der Waals surface area (Å²) in [6.45, 7) is 2.16. The Hall–Kier alpha value is 0.870. The Morgan fingerprint density at radius 3 is 2.00 bits per heavy atom. The van der Waals surface area contributed by atoms with Crippen molar-refractivity contribution in [2.45, 2.75) is 42.8 Å². The molecule has 0 spiro atoms. The summed E-state index contributed by atoms with van der Waals surface area (Å²) in [5, 5.41) is 0. The molecule has 0 heterocycles. The molecular weight excluding hydrogens is 190 g/mol. The first-order chi connectivity index (χ1) is 4.56. The van der Waals surface area contributed by atoms with Crippen LogP contribution >= 0.6 is 34.8 Å². The van der Waals surface area contributed by atoms with Crippen LogP contribution in [0.2, 0.25) is 0 Å². The molecule has 0 aromatic heterocycles. The topological polar surface area (TPSA) is 0 Å². The third-order valence-electron chi connectivity index (χ3n) is 1.31. The average molecular weight is 204 g/mol. The third-order valence-corrected chi connectivity index (χ3v) is 1.88. The molecule has 0 aliphatic carbocycles. The van der Waals surface area contributed by atoms with Crippen LogP contribution < -0.4 is 0 Å². The minimum Gasteiger partial charge on any atom is -0.0837 e. The molecule has 0 aromatic carbocycles. The molecule has 10 heavy (non-hydrogen) atoms. The van der Waals surface area contributed by atoms with Crippen LogP contribution in [0.15, 0.2) is 0 Å². The van der Waals surface area contributed by atoms with E-state index in [2.05, 4.69) is 6.92 Å². The number of alkyl halides is 3. The Bertz CT molecular complexity index is 75.4. The molecule has 62 valence electrons. The zero-order valence-electron chi connectivity index (χ0n) is 6.17. The Labute approximate surface area is 77.8 Å². The molecule has 0 bridgehead atoms. The summed E-state index contributed by atoms with van der Waals surface area (Å²) in [4.78, 5) is 0. The maximum atomic E-state index is 5.54. The van der Waals surface area contributed by atoms with Gasteiger partial charge in [0.15, 0.2) is 3.79 Å². The predicted octanol–water partition coefficient (Wildman–Crippen LogP) is 4.33. The summed E-state index contributed by atoms with van der Waals surface area (Å²) in [6.07, 6.45) is 5.33. The highest BCUT2D eigenvalue weighted by Gasteiger charge is 2.17. The van der Waals surface area contributed by atoms with Crippen molar-refractivity contribution in [1.82, 2.24) is 0 Å². The number of halogens is 3. The van der Waals surface area contributed by atoms with Crippen molar-refractivity contribution in [2.24, 2.45) is 0 Å². The largest absolute Gasteiger partial charge is 0.190 e. The first-order valence-electron chi connectivity index (χ1n) is 3.63. The van der Waals surface area contributed by atoms with Gasteiger partial charge in [0.05, 0.1) is 0 Å². The molecule has 0 aliphatic rings. The number of hydrogen-bond acceptors (Lipinski definition) is 0. The fourth-order valence-corrected chi connectivity index (χ4v) is 1.15. The first-order valence-corrected chi connectivity index (χ1v) is 4.76. The Morgan fingerprint density at radius 2 is 1.60 bits per heavy atom. The van der Waals surface area contributed by atoms with E-state index in [1.165, 1.54) is 19.3 Å². The third kappa shape index (κ3) is 8.87. The lowest BCUT2D eigenvalue weighted by molar-refractivity contribution is 0.639. The molecule has 0 saturated heterocycles. The fraction of sp³-hybridized carbons (Fsp3) is 1.00. The number of unbranched alkanes of at least 4 members (excludes halogenated alkanes) is 3. The van der Waals surface area contributed by atoms with Crippen LogP contribution in [0.5, 0.6) is 0 Å². The SMILES string of the molecule is CCCCCCC(Cl)(Cl)Cl. The maximum Gasteiger partial charge on any atom is 0.190 e. The van der Waals surface area contributed by atoms with Crippen molar-refractivity contribution in [3.8, 4) is 0 Å². The van der Waals surface area contributed by atoms with Gasteiger partial charge < -0.3 is 0 Å². The molecule has 0 nitrogen and oxygen atoms in total. The van der Waals surface area contributed by atoms with E-state index in [0.29, 0.717) is 6.42 Å². The molecule has 0 aromatic rings. The molecule has 0 unspecified atom stereocenters. The summed E-state index contributed by atoms with van der Waals surface area (Å²) >= 11 is 16.6. The van der Waals surface area contributed by atoms with Gasteiger partial charge >= 0.3 is 0 Å². The summed E-state index contributed by atoms with van der Waals surface area (Å²) in [5.74, 6) is 0. The molecule has 3 heteroatoms. The van der Waals surface area contributed by atoms with E-state index < -0.39 is 3.79 Å². The molecule has 0 fully saturated rings. The van der Waals surface area contributed by atoms with Gasteiger partial charge in [-0.1, -0.05) is 61.0 Å². The predicted molar refractivity (Wildman–Crippen MR) is 49.0 cm³/mol. The van der Waals surface area contributed by atoms with Gasteiger partial charge in [-0.05, 0) is 12.8 Å². The van der Waals surface area contributed by atoms with Crippen molar-refractivity contribution in [3.63, 3.8) is 0 Å². The molecular formula is C7H13Cl3. The fourth-order valence-electron chi connectivity index (χ4n) is 0.752. The van der Waals surface area contributed by atoms with Crippen molar-refractivity contribution < 1.29 is 0 Å². The smallest absolute Gasteiger partial charge is 0.0837 e. The van der Waals surface area contributed by atoms with E-state index >= 15 is 0 Å². The standard InChI is InChI=1S/C7H13Cl3/c1-2-3-4-5-6-7(8,9)10/h2-6H2,1H3. The number of rotatable bonds is 4. The second kappa shape index (κ2) is 5.51. The van der Waals surface area contributed by atoms with Gasteiger partial charge in [-0.25, -0.2) is 0 Å². The van der Waals surface area contributed by atoms with Crippen LogP contribution in [0.1, 0.15) is 39.0 Å². The lowest BCUT2D eigenvalue weighted by atomic mass is 10.2. The van der Waals surface area contributed by atoms with Crippen molar-refractivity contribution >= 4 is 34.8 Å². The van der Waals surface area contributed by atoms with Gasteiger partial charge in [-0.2, -0.15) is 0 Å². The summed E-state index contributed by atoms with van der Waals surface area (Å²) in [5.41, 5.74) is 0. The quantitative estimate of drug-likeness (QED) is 0.471. The Balaban J connectivity index is 3.04. The van der Waals surface area contributed by atoms with Crippen LogP contribution in [0, 0.1) is 0 Å². The molecule has 0 aliphatic heterocycles. The van der Waals surface area contributed by atoms with Gasteiger partial charge in [0.1, 0.15) is 0 Å². The van der Waals surface area contributed by atoms with E-state index in [-0.39, 0.29) is 0 Å². The Kier molecular flexibility index (Phi) is 5.99. The van der Waals surface area contributed by atoms with Crippen molar-refractivity contribution in [3.05, 3.63) is 0 Å². The van der Waals surface area contributed by atoms with Crippen molar-refractivity contribution in [2.75, 3.05) is 0 Å². The highest BCUT2D eigenvalue weighted by atomic mass is 35.6. The van der Waals surface area contributed by atoms with Gasteiger partial charge in [-0.15, -0.1) is 0 Å². The minimum atomic E-state index is -1.03. The van der Waals surface area contributed by atoms with Gasteiger partial charge in [-0.3, -0.25) is 0 Å². The second-order valence-electron chi connectivity index (χ2n) is 2.43. The highest BCUT2D eigenvalue weighted by molar-refractivity contribution is 6.67. The lowest BCUT2D eigenvalue weighted by Crippen LogP contribution is -2.00. The maximum absolute atomic E-state index is 5.54. The molecule has 0 rings (SSSR count). The normalized spacial score (nSPS) is 12.0. The van der Waals surface area contributed by atoms with Gasteiger partial charge in [0, 0.05) is 0 Å². The van der Waals surface area contributed by atoms with Crippen LogP contribution in [-0.2, 0) is 0 Å². The molecule has 0 atom stereocenters. The van der Waals surface area contributed by atoms with Crippen LogP contribution in [-0.4, -0.2) is 3.79 Å². The zero-order valence-corrected chi connectivity index (χ0v) is 8.44. The van der Waals surface area contributed by atoms with Crippen LogP contribution in [0.3, 0.4) is 0 Å². The number of hydrogen-bond donors (Lipinski definition) is 0.